The summed E-state index contributed by atoms with van der Waals surface area (Å²) >= 11 is 6.01. The second-order valence-electron chi connectivity index (χ2n) is 9.13. The Labute approximate surface area is 196 Å². The zero-order chi connectivity index (χ0) is 22.3. The number of nitrogens with zero attached hydrogens (tertiary/aromatic N) is 2. The molecule has 2 aromatic rings. The highest BCUT2D eigenvalue weighted by molar-refractivity contribution is 6.30. The minimum absolute atomic E-state index is 0.122. The van der Waals surface area contributed by atoms with Crippen molar-refractivity contribution in [1.82, 2.24) is 4.90 Å². The molecule has 4 rings (SSSR count). The summed E-state index contributed by atoms with van der Waals surface area (Å²) in [5.74, 6) is 0.560. The molecule has 4 nitrogen and oxygen atoms in total. The number of carbonyl (C=O) groups excluding carboxylic acids is 2. The topological polar surface area (TPSA) is 40.6 Å². The number of halogens is 1. The molecule has 1 heterocycles. The van der Waals surface area contributed by atoms with Gasteiger partial charge in [-0.05, 0) is 55.0 Å². The van der Waals surface area contributed by atoms with Gasteiger partial charge >= 0.3 is 0 Å². The summed E-state index contributed by atoms with van der Waals surface area (Å²) in [6.07, 6.45) is 9.07. The second-order valence-corrected chi connectivity index (χ2v) is 9.57. The van der Waals surface area contributed by atoms with Crippen molar-refractivity contribution in [3.8, 4) is 0 Å². The molecule has 0 bridgehead atoms. The first-order valence-corrected chi connectivity index (χ1v) is 12.4. The number of anilines is 1. The van der Waals surface area contributed by atoms with Crippen LogP contribution in [0.4, 0.5) is 5.69 Å². The standard InChI is InChI=1S/C27H33ClN2O2/c28-24-15-11-21(12-16-24)19-26(31)29-17-7-3-1-2-4-8-18-30(27(32)22-13-14-22)25-10-6-5-9-23(25)20-29/h5-6,9-12,15-16,22H,1-4,7-8,13-14,17-20H2. The van der Waals surface area contributed by atoms with Crippen molar-refractivity contribution in [3.63, 3.8) is 0 Å². The Morgan fingerprint density at radius 3 is 2.22 bits per heavy atom. The van der Waals surface area contributed by atoms with Crippen LogP contribution in [0.2, 0.25) is 5.02 Å². The highest BCUT2D eigenvalue weighted by Crippen LogP contribution is 2.34. The van der Waals surface area contributed by atoms with Gasteiger partial charge < -0.3 is 9.80 Å². The Bertz CT molecular complexity index is 924. The lowest BCUT2D eigenvalue weighted by molar-refractivity contribution is -0.131. The number of hydrogen-bond acceptors (Lipinski definition) is 2. The van der Waals surface area contributed by atoms with Crippen molar-refractivity contribution in [2.75, 3.05) is 18.0 Å². The van der Waals surface area contributed by atoms with Crippen LogP contribution in [0.15, 0.2) is 48.5 Å². The molecule has 0 radical (unpaired) electrons. The minimum atomic E-state index is 0.122. The van der Waals surface area contributed by atoms with Gasteiger partial charge in [0.2, 0.25) is 11.8 Å². The van der Waals surface area contributed by atoms with Crippen molar-refractivity contribution < 1.29 is 9.59 Å². The van der Waals surface area contributed by atoms with Gasteiger partial charge in [0.25, 0.3) is 0 Å². The molecule has 1 aliphatic carbocycles. The summed E-state index contributed by atoms with van der Waals surface area (Å²) in [4.78, 5) is 30.4. The van der Waals surface area contributed by atoms with Crippen LogP contribution in [0, 0.1) is 5.92 Å². The van der Waals surface area contributed by atoms with Gasteiger partial charge in [-0.2, -0.15) is 0 Å². The molecule has 0 atom stereocenters. The van der Waals surface area contributed by atoms with E-state index in [1.54, 1.807) is 0 Å². The van der Waals surface area contributed by atoms with Crippen LogP contribution in [0.5, 0.6) is 0 Å². The van der Waals surface area contributed by atoms with Gasteiger partial charge in [0, 0.05) is 36.3 Å². The maximum Gasteiger partial charge on any atom is 0.230 e. The van der Waals surface area contributed by atoms with Crippen molar-refractivity contribution in [2.24, 2.45) is 5.92 Å². The first-order chi connectivity index (χ1) is 15.6. The monoisotopic (exact) mass is 452 g/mol. The van der Waals surface area contributed by atoms with Gasteiger partial charge in [-0.3, -0.25) is 9.59 Å². The molecule has 2 amide bonds. The predicted molar refractivity (Wildman–Crippen MR) is 130 cm³/mol. The molecular formula is C27H33ClN2O2. The predicted octanol–water partition coefficient (Wildman–Crippen LogP) is 6.01. The molecule has 32 heavy (non-hydrogen) atoms. The van der Waals surface area contributed by atoms with E-state index in [0.717, 1.165) is 68.4 Å². The maximum absolute atomic E-state index is 13.3. The van der Waals surface area contributed by atoms with Gasteiger partial charge in [0.15, 0.2) is 0 Å². The first-order valence-electron chi connectivity index (χ1n) is 12.0. The van der Waals surface area contributed by atoms with E-state index in [-0.39, 0.29) is 17.7 Å². The average Bonchev–Trinajstić information content (AvgIpc) is 3.64. The van der Waals surface area contributed by atoms with Crippen LogP contribution < -0.4 is 4.90 Å². The molecule has 0 saturated heterocycles. The fraction of sp³-hybridized carbons (Fsp3) is 0.481. The van der Waals surface area contributed by atoms with Crippen LogP contribution in [-0.4, -0.2) is 29.8 Å². The fourth-order valence-electron chi connectivity index (χ4n) is 4.47. The van der Waals surface area contributed by atoms with E-state index in [9.17, 15) is 9.59 Å². The molecule has 0 aromatic heterocycles. The molecule has 0 unspecified atom stereocenters. The van der Waals surface area contributed by atoms with Crippen molar-refractivity contribution >= 4 is 29.1 Å². The minimum Gasteiger partial charge on any atom is -0.338 e. The summed E-state index contributed by atoms with van der Waals surface area (Å²) in [6, 6.07) is 15.7. The lowest BCUT2D eigenvalue weighted by Gasteiger charge is -2.28. The largest absolute Gasteiger partial charge is 0.338 e. The van der Waals surface area contributed by atoms with Crippen LogP contribution >= 0.6 is 11.6 Å². The molecule has 0 N–H and O–H groups in total. The Morgan fingerprint density at radius 1 is 0.844 bits per heavy atom. The number of para-hydroxylation sites is 1. The quantitative estimate of drug-likeness (QED) is 0.572. The molecular weight excluding hydrogens is 420 g/mol. The Kier molecular flexibility index (Phi) is 7.85. The van der Waals surface area contributed by atoms with E-state index >= 15 is 0 Å². The molecule has 2 aromatic carbocycles. The number of amides is 2. The third-order valence-corrected chi connectivity index (χ3v) is 6.77. The second kappa shape index (κ2) is 11.0. The number of rotatable bonds is 3. The lowest BCUT2D eigenvalue weighted by atomic mass is 10.1. The maximum atomic E-state index is 13.3. The number of fused-ring (bicyclic) bond motifs is 1. The first kappa shape index (κ1) is 22.8. The van der Waals surface area contributed by atoms with Crippen molar-refractivity contribution in [2.45, 2.75) is 64.3 Å². The average molecular weight is 453 g/mol. The summed E-state index contributed by atoms with van der Waals surface area (Å²) in [7, 11) is 0. The van der Waals surface area contributed by atoms with Crippen LogP contribution in [-0.2, 0) is 22.6 Å². The van der Waals surface area contributed by atoms with Gasteiger partial charge in [-0.25, -0.2) is 0 Å². The highest BCUT2D eigenvalue weighted by Gasteiger charge is 2.34. The summed E-state index contributed by atoms with van der Waals surface area (Å²) in [6.45, 7) is 2.05. The van der Waals surface area contributed by atoms with Gasteiger partial charge in [-0.1, -0.05) is 67.6 Å². The van der Waals surface area contributed by atoms with E-state index in [1.165, 1.54) is 12.8 Å². The molecule has 1 aliphatic heterocycles. The lowest BCUT2D eigenvalue weighted by Crippen LogP contribution is -2.36. The van der Waals surface area contributed by atoms with Crippen molar-refractivity contribution in [3.05, 3.63) is 64.7 Å². The van der Waals surface area contributed by atoms with E-state index in [2.05, 4.69) is 12.1 Å². The number of hydrogen-bond donors (Lipinski definition) is 0. The number of benzene rings is 2. The summed E-state index contributed by atoms with van der Waals surface area (Å²) < 4.78 is 0. The van der Waals surface area contributed by atoms with Crippen molar-refractivity contribution in [1.29, 1.82) is 0 Å². The third kappa shape index (κ3) is 6.13. The SMILES string of the molecule is O=C(Cc1ccc(Cl)cc1)N1CCCCCCCCN(C(=O)C2CC2)c2ccccc2C1. The smallest absolute Gasteiger partial charge is 0.230 e. The van der Waals surface area contributed by atoms with E-state index in [0.29, 0.717) is 18.0 Å². The molecule has 1 fully saturated rings. The number of carbonyl (C=O) groups is 2. The molecule has 1 saturated carbocycles. The molecule has 2 aliphatic rings. The van der Waals surface area contributed by atoms with Gasteiger partial charge in [-0.15, -0.1) is 0 Å². The van der Waals surface area contributed by atoms with E-state index < -0.39 is 0 Å². The molecule has 5 heteroatoms. The Balaban J connectivity index is 1.58. The fourth-order valence-corrected chi connectivity index (χ4v) is 4.60. The zero-order valence-electron chi connectivity index (χ0n) is 18.8. The van der Waals surface area contributed by atoms with E-state index in [1.807, 2.05) is 46.2 Å². The Morgan fingerprint density at radius 2 is 1.50 bits per heavy atom. The third-order valence-electron chi connectivity index (χ3n) is 6.52. The molecule has 0 spiro atoms. The van der Waals surface area contributed by atoms with Gasteiger partial charge in [0.1, 0.15) is 0 Å². The van der Waals surface area contributed by atoms with Crippen LogP contribution in [0.1, 0.15) is 62.5 Å². The van der Waals surface area contributed by atoms with Crippen LogP contribution in [0.3, 0.4) is 0 Å². The summed E-state index contributed by atoms with van der Waals surface area (Å²) in [5.41, 5.74) is 3.01. The zero-order valence-corrected chi connectivity index (χ0v) is 19.5. The Hall–Kier alpha value is -2.33. The van der Waals surface area contributed by atoms with Gasteiger partial charge in [0.05, 0.1) is 6.42 Å². The highest BCUT2D eigenvalue weighted by atomic mass is 35.5. The normalized spacial score (nSPS) is 18.2. The molecule has 170 valence electrons. The van der Waals surface area contributed by atoms with E-state index in [4.69, 9.17) is 11.6 Å². The summed E-state index contributed by atoms with van der Waals surface area (Å²) in [5, 5.41) is 0.679. The van der Waals surface area contributed by atoms with Crippen LogP contribution in [0.25, 0.3) is 0 Å².